The van der Waals surface area contributed by atoms with Crippen molar-refractivity contribution in [2.24, 2.45) is 0 Å². The molecule has 2 N–H and O–H groups in total. The molecule has 0 unspecified atom stereocenters. The summed E-state index contributed by atoms with van der Waals surface area (Å²) in [6.07, 6.45) is 0. The molecule has 0 saturated heterocycles. The van der Waals surface area contributed by atoms with Gasteiger partial charge in [0.2, 0.25) is 0 Å². The maximum atomic E-state index is 13.7. The van der Waals surface area contributed by atoms with E-state index in [4.69, 9.17) is 5.73 Å². The van der Waals surface area contributed by atoms with E-state index in [1.807, 2.05) is 36.1 Å². The number of rotatable bonds is 5. The van der Waals surface area contributed by atoms with Gasteiger partial charge in [-0.05, 0) is 36.4 Å². The molecular weight excluding hydrogens is 258 g/mol. The fourth-order valence-electron chi connectivity index (χ4n) is 2.07. The second-order valence-electron chi connectivity index (χ2n) is 4.75. The van der Waals surface area contributed by atoms with Crippen LogP contribution in [0, 0.1) is 11.6 Å². The van der Waals surface area contributed by atoms with Gasteiger partial charge >= 0.3 is 0 Å². The zero-order valence-electron chi connectivity index (χ0n) is 11.4. The topological polar surface area (TPSA) is 29.3 Å². The Hall–Kier alpha value is -1.94. The molecule has 0 aromatic heterocycles. The van der Waals surface area contributed by atoms with Gasteiger partial charge < -0.3 is 5.73 Å². The Morgan fingerprint density at radius 3 is 2.10 bits per heavy atom. The smallest absolute Gasteiger partial charge is 0.130 e. The first kappa shape index (κ1) is 14.5. The third-order valence-corrected chi connectivity index (χ3v) is 3.28. The molecule has 0 radical (unpaired) electrons. The lowest BCUT2D eigenvalue weighted by Crippen LogP contribution is -2.23. The highest BCUT2D eigenvalue weighted by Gasteiger charge is 2.12. The lowest BCUT2D eigenvalue weighted by atomic mass is 10.1. The lowest BCUT2D eigenvalue weighted by molar-refractivity contribution is 0.263. The molecule has 20 heavy (non-hydrogen) atoms. The molecule has 0 fully saturated rings. The molecule has 0 amide bonds. The standard InChI is InChI=1S/C16H18F2N2/c1-2-20(10-12-6-8-13(19)9-7-12)11-14-15(17)4-3-5-16(14)18/h3-9H,2,10-11,19H2,1H3. The van der Waals surface area contributed by atoms with E-state index in [2.05, 4.69) is 0 Å². The third kappa shape index (κ3) is 3.54. The number of hydrogen-bond acceptors (Lipinski definition) is 2. The van der Waals surface area contributed by atoms with E-state index in [0.717, 1.165) is 5.56 Å². The Balaban J connectivity index is 2.11. The van der Waals surface area contributed by atoms with Gasteiger partial charge in [0, 0.05) is 24.3 Å². The Bertz CT molecular complexity index is 547. The van der Waals surface area contributed by atoms with Crippen molar-refractivity contribution >= 4 is 5.69 Å². The van der Waals surface area contributed by atoms with E-state index in [9.17, 15) is 8.78 Å². The van der Waals surface area contributed by atoms with Gasteiger partial charge in [-0.3, -0.25) is 4.90 Å². The zero-order chi connectivity index (χ0) is 14.5. The summed E-state index contributed by atoms with van der Waals surface area (Å²) in [5.41, 5.74) is 7.53. The molecule has 2 aromatic carbocycles. The van der Waals surface area contributed by atoms with Crippen molar-refractivity contribution in [2.45, 2.75) is 20.0 Å². The molecular formula is C16H18F2N2. The van der Waals surface area contributed by atoms with Crippen LogP contribution in [0.15, 0.2) is 42.5 Å². The first-order chi connectivity index (χ1) is 9.60. The van der Waals surface area contributed by atoms with Crippen LogP contribution < -0.4 is 5.73 Å². The summed E-state index contributed by atoms with van der Waals surface area (Å²) < 4.78 is 27.3. The average molecular weight is 276 g/mol. The Morgan fingerprint density at radius 2 is 1.55 bits per heavy atom. The summed E-state index contributed by atoms with van der Waals surface area (Å²) in [5, 5.41) is 0. The van der Waals surface area contributed by atoms with Crippen LogP contribution in [-0.2, 0) is 13.1 Å². The molecule has 0 aliphatic heterocycles. The number of halogens is 2. The highest BCUT2D eigenvalue weighted by Crippen LogP contribution is 2.16. The Labute approximate surface area is 117 Å². The summed E-state index contributed by atoms with van der Waals surface area (Å²) in [6, 6.07) is 11.5. The largest absolute Gasteiger partial charge is 0.399 e. The summed E-state index contributed by atoms with van der Waals surface area (Å²) in [4.78, 5) is 1.98. The van der Waals surface area contributed by atoms with E-state index in [0.29, 0.717) is 18.8 Å². The van der Waals surface area contributed by atoms with Crippen molar-refractivity contribution in [3.8, 4) is 0 Å². The number of hydrogen-bond donors (Lipinski definition) is 1. The van der Waals surface area contributed by atoms with Gasteiger partial charge in [-0.25, -0.2) is 8.78 Å². The maximum absolute atomic E-state index is 13.7. The van der Waals surface area contributed by atoms with Crippen molar-refractivity contribution in [1.82, 2.24) is 4.90 Å². The molecule has 0 saturated carbocycles. The molecule has 0 heterocycles. The Morgan fingerprint density at radius 1 is 0.950 bits per heavy atom. The number of nitrogens with zero attached hydrogens (tertiary/aromatic N) is 1. The van der Waals surface area contributed by atoms with Gasteiger partial charge in [-0.15, -0.1) is 0 Å². The first-order valence-electron chi connectivity index (χ1n) is 6.59. The molecule has 2 nitrogen and oxygen atoms in total. The minimum atomic E-state index is -0.499. The molecule has 4 heteroatoms. The van der Waals surface area contributed by atoms with E-state index < -0.39 is 11.6 Å². The number of benzene rings is 2. The van der Waals surface area contributed by atoms with Gasteiger partial charge in [0.05, 0.1) is 0 Å². The van der Waals surface area contributed by atoms with E-state index >= 15 is 0 Å². The molecule has 0 spiro atoms. The molecule has 0 aliphatic carbocycles. The van der Waals surface area contributed by atoms with Crippen LogP contribution in [0.2, 0.25) is 0 Å². The van der Waals surface area contributed by atoms with Crippen LogP contribution in [0.25, 0.3) is 0 Å². The van der Waals surface area contributed by atoms with Crippen molar-refractivity contribution in [2.75, 3.05) is 12.3 Å². The summed E-state index contributed by atoms with van der Waals surface area (Å²) in [5.74, 6) is -0.999. The second-order valence-corrected chi connectivity index (χ2v) is 4.75. The molecule has 0 aliphatic rings. The zero-order valence-corrected chi connectivity index (χ0v) is 11.4. The van der Waals surface area contributed by atoms with Crippen LogP contribution >= 0.6 is 0 Å². The van der Waals surface area contributed by atoms with Gasteiger partial charge in [0.1, 0.15) is 11.6 Å². The summed E-state index contributed by atoms with van der Waals surface area (Å²) in [7, 11) is 0. The monoisotopic (exact) mass is 276 g/mol. The van der Waals surface area contributed by atoms with Crippen molar-refractivity contribution in [3.05, 3.63) is 65.2 Å². The third-order valence-electron chi connectivity index (χ3n) is 3.28. The maximum Gasteiger partial charge on any atom is 0.130 e. The van der Waals surface area contributed by atoms with Crippen LogP contribution in [-0.4, -0.2) is 11.4 Å². The minimum Gasteiger partial charge on any atom is -0.399 e. The van der Waals surface area contributed by atoms with Crippen LogP contribution in [0.3, 0.4) is 0 Å². The predicted octanol–water partition coefficient (Wildman–Crippen LogP) is 3.57. The summed E-state index contributed by atoms with van der Waals surface area (Å²) >= 11 is 0. The second kappa shape index (κ2) is 6.48. The van der Waals surface area contributed by atoms with Gasteiger partial charge in [0.25, 0.3) is 0 Å². The predicted molar refractivity (Wildman–Crippen MR) is 77.0 cm³/mol. The quantitative estimate of drug-likeness (QED) is 0.846. The fraction of sp³-hybridized carbons (Fsp3) is 0.250. The van der Waals surface area contributed by atoms with Crippen LogP contribution in [0.4, 0.5) is 14.5 Å². The van der Waals surface area contributed by atoms with Crippen molar-refractivity contribution in [1.29, 1.82) is 0 Å². The number of anilines is 1. The SMILES string of the molecule is CCN(Cc1ccc(N)cc1)Cc1c(F)cccc1F. The lowest BCUT2D eigenvalue weighted by Gasteiger charge is -2.21. The molecule has 0 atom stereocenters. The summed E-state index contributed by atoms with van der Waals surface area (Å²) in [6.45, 7) is 3.55. The number of nitrogens with two attached hydrogens (primary N) is 1. The minimum absolute atomic E-state index is 0.116. The molecule has 106 valence electrons. The molecule has 2 rings (SSSR count). The van der Waals surface area contributed by atoms with Crippen molar-refractivity contribution in [3.63, 3.8) is 0 Å². The highest BCUT2D eigenvalue weighted by atomic mass is 19.1. The molecule has 2 aromatic rings. The van der Waals surface area contributed by atoms with Gasteiger partial charge in [-0.2, -0.15) is 0 Å². The van der Waals surface area contributed by atoms with Gasteiger partial charge in [-0.1, -0.05) is 25.1 Å². The van der Waals surface area contributed by atoms with Crippen molar-refractivity contribution < 1.29 is 8.78 Å². The first-order valence-corrected chi connectivity index (χ1v) is 6.59. The van der Waals surface area contributed by atoms with E-state index in [1.165, 1.54) is 18.2 Å². The average Bonchev–Trinajstić information content (AvgIpc) is 2.44. The van der Waals surface area contributed by atoms with Crippen LogP contribution in [0.1, 0.15) is 18.1 Å². The fourth-order valence-corrected chi connectivity index (χ4v) is 2.07. The highest BCUT2D eigenvalue weighted by molar-refractivity contribution is 5.39. The normalized spacial score (nSPS) is 11.0. The van der Waals surface area contributed by atoms with Gasteiger partial charge in [0.15, 0.2) is 0 Å². The Kier molecular flexibility index (Phi) is 4.69. The van der Waals surface area contributed by atoms with E-state index in [-0.39, 0.29) is 12.1 Å². The van der Waals surface area contributed by atoms with E-state index in [1.54, 1.807) is 0 Å². The molecule has 0 bridgehead atoms. The number of nitrogen functional groups attached to an aromatic ring is 1. The van der Waals surface area contributed by atoms with Crippen LogP contribution in [0.5, 0.6) is 0 Å².